The van der Waals surface area contributed by atoms with Crippen LogP contribution in [0.4, 0.5) is 0 Å². The molecule has 0 amide bonds. The van der Waals surface area contributed by atoms with Crippen LogP contribution in [0.25, 0.3) is 0 Å². The van der Waals surface area contributed by atoms with Gasteiger partial charge in [-0.1, -0.05) is 0 Å². The summed E-state index contributed by atoms with van der Waals surface area (Å²) in [6.45, 7) is 3.14. The van der Waals surface area contributed by atoms with E-state index in [0.717, 1.165) is 45.3 Å². The molecule has 4 heteroatoms. The van der Waals surface area contributed by atoms with Gasteiger partial charge in [-0.25, -0.2) is 0 Å². The van der Waals surface area contributed by atoms with Crippen LogP contribution in [0.5, 0.6) is 0 Å². The van der Waals surface area contributed by atoms with Gasteiger partial charge in [0.05, 0.1) is 11.7 Å². The van der Waals surface area contributed by atoms with E-state index in [4.69, 9.17) is 5.73 Å². The number of aliphatic hydroxyl groups excluding tert-OH is 1. The number of likely N-dealkylation sites (tertiary alicyclic amines) is 1. The minimum absolute atomic E-state index is 0.165. The zero-order valence-electron chi connectivity index (χ0n) is 9.73. The Labute approximate surface area is 96.4 Å². The summed E-state index contributed by atoms with van der Waals surface area (Å²) >= 11 is 0. The van der Waals surface area contributed by atoms with Gasteiger partial charge in [0.2, 0.25) is 0 Å². The van der Waals surface area contributed by atoms with E-state index < -0.39 is 5.60 Å². The molecule has 4 N–H and O–H groups in total. The highest BCUT2D eigenvalue weighted by molar-refractivity contribution is 5.08. The molecule has 1 unspecified atom stereocenters. The monoisotopic (exact) mass is 226 g/mol. The Morgan fingerprint density at radius 1 is 1.31 bits per heavy atom. The third kappa shape index (κ3) is 1.68. The van der Waals surface area contributed by atoms with E-state index in [1.54, 1.807) is 0 Å². The molecule has 3 fully saturated rings. The lowest BCUT2D eigenvalue weighted by Gasteiger charge is -2.45. The topological polar surface area (TPSA) is 69.7 Å². The molecule has 92 valence electrons. The van der Waals surface area contributed by atoms with Crippen molar-refractivity contribution in [1.29, 1.82) is 0 Å². The smallest absolute Gasteiger partial charge is 0.0780 e. The number of β-amino-alcohol motifs (C(OH)–C–C–N with tert-alkyl or cyclic N) is 2. The van der Waals surface area contributed by atoms with Gasteiger partial charge in [-0.2, -0.15) is 0 Å². The van der Waals surface area contributed by atoms with Gasteiger partial charge in [0.15, 0.2) is 0 Å². The number of aliphatic hydroxyl groups is 2. The first-order chi connectivity index (χ1) is 7.55. The van der Waals surface area contributed by atoms with Crippen molar-refractivity contribution < 1.29 is 10.2 Å². The summed E-state index contributed by atoms with van der Waals surface area (Å²) in [7, 11) is 0. The largest absolute Gasteiger partial charge is 0.391 e. The van der Waals surface area contributed by atoms with Crippen LogP contribution in [-0.4, -0.2) is 53.0 Å². The molecule has 2 saturated carbocycles. The van der Waals surface area contributed by atoms with Crippen molar-refractivity contribution in [2.24, 2.45) is 17.1 Å². The van der Waals surface area contributed by atoms with Gasteiger partial charge < -0.3 is 15.9 Å². The molecule has 1 heterocycles. The maximum Gasteiger partial charge on any atom is 0.0780 e. The Hall–Kier alpha value is -0.160. The zero-order valence-corrected chi connectivity index (χ0v) is 9.73. The third-order valence-electron chi connectivity index (χ3n) is 4.76. The molecule has 0 radical (unpaired) electrons. The number of hydrogen-bond donors (Lipinski definition) is 3. The lowest BCUT2D eigenvalue weighted by Crippen LogP contribution is -2.53. The maximum atomic E-state index is 10.3. The summed E-state index contributed by atoms with van der Waals surface area (Å²) in [5.41, 5.74) is 5.25. The second-order valence-corrected chi connectivity index (χ2v) is 6.28. The van der Waals surface area contributed by atoms with Crippen LogP contribution in [0.3, 0.4) is 0 Å². The average Bonchev–Trinajstić information content (AvgIpc) is 2.87. The van der Waals surface area contributed by atoms with Crippen molar-refractivity contribution in [3.05, 3.63) is 0 Å². The number of nitrogens with two attached hydrogens (primary N) is 1. The van der Waals surface area contributed by atoms with Crippen LogP contribution in [0, 0.1) is 11.3 Å². The van der Waals surface area contributed by atoms with Crippen molar-refractivity contribution in [3.63, 3.8) is 0 Å². The first kappa shape index (κ1) is 11.0. The molecule has 0 aromatic heterocycles. The summed E-state index contributed by atoms with van der Waals surface area (Å²) < 4.78 is 0. The molecule has 2 aliphatic carbocycles. The van der Waals surface area contributed by atoms with Gasteiger partial charge in [-0.15, -0.1) is 0 Å². The van der Waals surface area contributed by atoms with Gasteiger partial charge >= 0.3 is 0 Å². The van der Waals surface area contributed by atoms with E-state index in [9.17, 15) is 10.2 Å². The number of hydrogen-bond acceptors (Lipinski definition) is 4. The highest BCUT2D eigenvalue weighted by Crippen LogP contribution is 2.53. The van der Waals surface area contributed by atoms with E-state index in [0.29, 0.717) is 12.5 Å². The molecule has 1 spiro atoms. The first-order valence-corrected chi connectivity index (χ1v) is 6.38. The Morgan fingerprint density at radius 3 is 2.50 bits per heavy atom. The highest BCUT2D eigenvalue weighted by Gasteiger charge is 2.56. The Kier molecular flexibility index (Phi) is 2.34. The van der Waals surface area contributed by atoms with Crippen molar-refractivity contribution in [2.75, 3.05) is 26.2 Å². The summed E-state index contributed by atoms with van der Waals surface area (Å²) in [5, 5.41) is 20.2. The van der Waals surface area contributed by atoms with E-state index in [1.807, 2.05) is 0 Å². The van der Waals surface area contributed by atoms with Gasteiger partial charge in [0.25, 0.3) is 0 Å². The molecule has 16 heavy (non-hydrogen) atoms. The van der Waals surface area contributed by atoms with E-state index in [2.05, 4.69) is 4.90 Å². The molecule has 1 saturated heterocycles. The summed E-state index contributed by atoms with van der Waals surface area (Å²) in [6.07, 6.45) is 3.83. The lowest BCUT2D eigenvalue weighted by atomic mass is 9.70. The van der Waals surface area contributed by atoms with E-state index >= 15 is 0 Å². The number of nitrogens with zero attached hydrogens (tertiary/aromatic N) is 1. The van der Waals surface area contributed by atoms with E-state index in [1.165, 1.54) is 0 Å². The quantitative estimate of drug-likeness (QED) is 0.609. The fourth-order valence-corrected chi connectivity index (χ4v) is 3.55. The fourth-order valence-electron chi connectivity index (χ4n) is 3.55. The SMILES string of the molecule is NCC1CC(O)(CN2CC(O)C3(CC3)C2)C1. The van der Waals surface area contributed by atoms with Crippen molar-refractivity contribution in [1.82, 2.24) is 4.90 Å². The Morgan fingerprint density at radius 2 is 2.00 bits per heavy atom. The van der Waals surface area contributed by atoms with Gasteiger partial charge in [-0.05, 0) is 38.1 Å². The normalized spacial score (nSPS) is 45.9. The zero-order chi connectivity index (χ0) is 11.4. The van der Waals surface area contributed by atoms with Crippen LogP contribution in [0.1, 0.15) is 25.7 Å². The molecule has 3 aliphatic rings. The second kappa shape index (κ2) is 3.42. The minimum Gasteiger partial charge on any atom is -0.391 e. The average molecular weight is 226 g/mol. The second-order valence-electron chi connectivity index (χ2n) is 6.28. The predicted molar refractivity (Wildman–Crippen MR) is 60.8 cm³/mol. The molecule has 1 atom stereocenters. The van der Waals surface area contributed by atoms with Crippen LogP contribution >= 0.6 is 0 Å². The molecular formula is C12H22N2O2. The van der Waals surface area contributed by atoms with Gasteiger partial charge in [-0.3, -0.25) is 4.90 Å². The van der Waals surface area contributed by atoms with Crippen molar-refractivity contribution in [3.8, 4) is 0 Å². The standard InChI is InChI=1S/C12H22N2O2/c13-5-9-3-12(16,4-9)8-14-6-10(15)11(7-14)1-2-11/h9-10,15-16H,1-8,13H2. The first-order valence-electron chi connectivity index (χ1n) is 6.38. The fraction of sp³-hybridized carbons (Fsp3) is 1.00. The molecule has 3 rings (SSSR count). The van der Waals surface area contributed by atoms with Crippen LogP contribution in [-0.2, 0) is 0 Å². The summed E-state index contributed by atoms with van der Waals surface area (Å²) in [5.74, 6) is 0.507. The molecule has 0 bridgehead atoms. The summed E-state index contributed by atoms with van der Waals surface area (Å²) in [4.78, 5) is 2.24. The molecule has 1 aliphatic heterocycles. The van der Waals surface area contributed by atoms with E-state index in [-0.39, 0.29) is 11.5 Å². The lowest BCUT2D eigenvalue weighted by molar-refractivity contribution is -0.0887. The molecular weight excluding hydrogens is 204 g/mol. The number of rotatable bonds is 3. The van der Waals surface area contributed by atoms with Crippen molar-refractivity contribution in [2.45, 2.75) is 37.4 Å². The molecule has 4 nitrogen and oxygen atoms in total. The Balaban J connectivity index is 1.53. The third-order valence-corrected chi connectivity index (χ3v) is 4.76. The molecule has 0 aromatic carbocycles. The van der Waals surface area contributed by atoms with Crippen LogP contribution < -0.4 is 5.73 Å². The van der Waals surface area contributed by atoms with Crippen LogP contribution in [0.2, 0.25) is 0 Å². The molecule has 0 aromatic rings. The predicted octanol–water partition coefficient (Wildman–Crippen LogP) is -0.457. The van der Waals surface area contributed by atoms with Gasteiger partial charge in [0.1, 0.15) is 0 Å². The summed E-state index contributed by atoms with van der Waals surface area (Å²) in [6, 6.07) is 0. The highest BCUT2D eigenvalue weighted by atomic mass is 16.3. The van der Waals surface area contributed by atoms with Crippen molar-refractivity contribution >= 4 is 0 Å². The Bertz CT molecular complexity index is 285. The minimum atomic E-state index is -0.524. The maximum absolute atomic E-state index is 10.3. The van der Waals surface area contributed by atoms with Crippen LogP contribution in [0.15, 0.2) is 0 Å². The van der Waals surface area contributed by atoms with Gasteiger partial charge in [0, 0.05) is 25.0 Å².